The molecule has 6 heteroatoms. The van der Waals surface area contributed by atoms with Crippen molar-refractivity contribution in [1.82, 2.24) is 15.5 Å². The molecule has 1 aliphatic rings. The van der Waals surface area contributed by atoms with E-state index in [2.05, 4.69) is 44.3 Å². The van der Waals surface area contributed by atoms with Gasteiger partial charge < -0.3 is 10.6 Å². The Morgan fingerprint density at radius 2 is 1.72 bits per heavy atom. The number of aromatic nitrogens is 2. The molecule has 3 rings (SSSR count). The highest BCUT2D eigenvalue weighted by molar-refractivity contribution is 5.88. The van der Waals surface area contributed by atoms with Crippen molar-refractivity contribution in [2.45, 2.75) is 52.0 Å². The van der Waals surface area contributed by atoms with Gasteiger partial charge in [0.05, 0.1) is 0 Å². The second-order valence-corrected chi connectivity index (χ2v) is 6.68. The minimum absolute atomic E-state index is 0.212. The van der Waals surface area contributed by atoms with Crippen molar-refractivity contribution in [3.05, 3.63) is 41.5 Å². The Balaban J connectivity index is 1.56. The molecule has 0 atom stereocenters. The number of hydrogen-bond acceptors (Lipinski definition) is 4. The molecular formula is C19H25N5O. The summed E-state index contributed by atoms with van der Waals surface area (Å²) in [4.78, 5) is 12.0. The van der Waals surface area contributed by atoms with Crippen LogP contribution in [0.4, 0.5) is 22.1 Å². The Labute approximate surface area is 148 Å². The number of anilines is 3. The molecule has 132 valence electrons. The van der Waals surface area contributed by atoms with Crippen molar-refractivity contribution in [3.63, 3.8) is 0 Å². The molecule has 1 aromatic heterocycles. The van der Waals surface area contributed by atoms with Gasteiger partial charge in [-0.1, -0.05) is 31.4 Å². The quantitative estimate of drug-likeness (QED) is 0.776. The molecule has 0 radical (unpaired) electrons. The fourth-order valence-electron chi connectivity index (χ4n) is 3.06. The number of amides is 2. The lowest BCUT2D eigenvalue weighted by atomic mass is 9.96. The van der Waals surface area contributed by atoms with Crippen molar-refractivity contribution < 1.29 is 4.79 Å². The fraction of sp³-hybridized carbons (Fsp3) is 0.421. The van der Waals surface area contributed by atoms with Gasteiger partial charge in [0.1, 0.15) is 0 Å². The van der Waals surface area contributed by atoms with E-state index in [0.29, 0.717) is 11.6 Å². The molecule has 0 saturated heterocycles. The molecule has 2 amide bonds. The van der Waals surface area contributed by atoms with Crippen LogP contribution in [0, 0.1) is 13.8 Å². The van der Waals surface area contributed by atoms with Gasteiger partial charge in [0.15, 0.2) is 11.6 Å². The van der Waals surface area contributed by atoms with Crippen LogP contribution in [0.5, 0.6) is 0 Å². The highest BCUT2D eigenvalue weighted by Gasteiger charge is 2.15. The average molecular weight is 339 g/mol. The van der Waals surface area contributed by atoms with Crippen LogP contribution >= 0.6 is 0 Å². The standard InChI is InChI=1S/C19H25N5O/c1-13-8-9-14(2)16(12-13)21-17-10-11-18(24-23-17)22-19(25)20-15-6-4-3-5-7-15/h8-12,15H,3-7H2,1-2H3,(H,21,23)(H2,20,22,24,25). The number of hydrogen-bond donors (Lipinski definition) is 3. The van der Waals surface area contributed by atoms with Crippen LogP contribution < -0.4 is 16.0 Å². The summed E-state index contributed by atoms with van der Waals surface area (Å²) in [5.74, 6) is 1.09. The van der Waals surface area contributed by atoms with Crippen molar-refractivity contribution in [3.8, 4) is 0 Å². The van der Waals surface area contributed by atoms with Crippen molar-refractivity contribution in [2.24, 2.45) is 0 Å². The molecule has 1 aromatic carbocycles. The molecule has 0 aliphatic heterocycles. The number of urea groups is 1. The largest absolute Gasteiger partial charge is 0.339 e. The molecule has 0 unspecified atom stereocenters. The monoisotopic (exact) mass is 339 g/mol. The minimum Gasteiger partial charge on any atom is -0.339 e. The number of benzene rings is 1. The molecule has 2 aromatic rings. The second-order valence-electron chi connectivity index (χ2n) is 6.68. The van der Waals surface area contributed by atoms with Crippen LogP contribution in [-0.4, -0.2) is 22.3 Å². The second kappa shape index (κ2) is 7.96. The predicted octanol–water partition coefficient (Wildman–Crippen LogP) is 4.29. The summed E-state index contributed by atoms with van der Waals surface area (Å²) < 4.78 is 0. The number of rotatable bonds is 4. The van der Waals surface area contributed by atoms with Crippen molar-refractivity contribution >= 4 is 23.4 Å². The van der Waals surface area contributed by atoms with E-state index in [4.69, 9.17) is 0 Å². The van der Waals surface area contributed by atoms with Gasteiger partial charge in [0.25, 0.3) is 0 Å². The van der Waals surface area contributed by atoms with E-state index in [0.717, 1.165) is 24.1 Å². The molecule has 1 aliphatic carbocycles. The third-order valence-corrected chi connectivity index (χ3v) is 4.50. The van der Waals surface area contributed by atoms with Crippen molar-refractivity contribution in [2.75, 3.05) is 10.6 Å². The van der Waals surface area contributed by atoms with Gasteiger partial charge >= 0.3 is 6.03 Å². The summed E-state index contributed by atoms with van der Waals surface area (Å²) >= 11 is 0. The molecule has 0 bridgehead atoms. The van der Waals surface area contributed by atoms with Gasteiger partial charge in [0.2, 0.25) is 0 Å². The Morgan fingerprint density at radius 1 is 1.00 bits per heavy atom. The van der Waals surface area contributed by atoms with E-state index in [1.165, 1.54) is 24.8 Å². The van der Waals surface area contributed by atoms with E-state index in [1.807, 2.05) is 19.9 Å². The normalized spacial score (nSPS) is 14.8. The van der Waals surface area contributed by atoms with Crippen LogP contribution in [0.1, 0.15) is 43.2 Å². The molecule has 0 spiro atoms. The van der Waals surface area contributed by atoms with Crippen LogP contribution in [0.25, 0.3) is 0 Å². The smallest absolute Gasteiger partial charge is 0.320 e. The first kappa shape index (κ1) is 17.2. The van der Waals surface area contributed by atoms with Gasteiger partial charge in [-0.25, -0.2) is 4.79 Å². The summed E-state index contributed by atoms with van der Waals surface area (Å²) in [5, 5.41) is 17.2. The maximum Gasteiger partial charge on any atom is 0.320 e. The Morgan fingerprint density at radius 3 is 2.44 bits per heavy atom. The summed E-state index contributed by atoms with van der Waals surface area (Å²) in [6, 6.07) is 9.83. The zero-order chi connectivity index (χ0) is 17.6. The van der Waals surface area contributed by atoms with Crippen LogP contribution in [0.3, 0.4) is 0 Å². The first-order valence-corrected chi connectivity index (χ1v) is 8.86. The zero-order valence-electron chi connectivity index (χ0n) is 14.8. The Bertz CT molecular complexity index is 723. The van der Waals surface area contributed by atoms with E-state index in [9.17, 15) is 4.79 Å². The summed E-state index contributed by atoms with van der Waals surface area (Å²) in [6.45, 7) is 4.09. The lowest BCUT2D eigenvalue weighted by molar-refractivity contribution is 0.244. The minimum atomic E-state index is -0.212. The maximum absolute atomic E-state index is 12.0. The van der Waals surface area contributed by atoms with Gasteiger partial charge in [-0.3, -0.25) is 5.32 Å². The van der Waals surface area contributed by atoms with Crippen LogP contribution in [0.2, 0.25) is 0 Å². The molecule has 1 saturated carbocycles. The van der Waals surface area contributed by atoms with Gasteiger partial charge in [-0.2, -0.15) is 0 Å². The van der Waals surface area contributed by atoms with E-state index >= 15 is 0 Å². The summed E-state index contributed by atoms with van der Waals surface area (Å²) in [6.07, 6.45) is 5.74. The first-order valence-electron chi connectivity index (χ1n) is 8.86. The zero-order valence-corrected chi connectivity index (χ0v) is 14.8. The Kier molecular flexibility index (Phi) is 5.48. The SMILES string of the molecule is Cc1ccc(C)c(Nc2ccc(NC(=O)NC3CCCCC3)nn2)c1. The molecule has 1 heterocycles. The molecule has 6 nitrogen and oxygen atoms in total. The molecule has 3 N–H and O–H groups in total. The number of nitrogens with zero attached hydrogens (tertiary/aromatic N) is 2. The van der Waals surface area contributed by atoms with Crippen molar-refractivity contribution in [1.29, 1.82) is 0 Å². The topological polar surface area (TPSA) is 78.9 Å². The molecular weight excluding hydrogens is 314 g/mol. The maximum atomic E-state index is 12.0. The van der Waals surface area contributed by atoms with Gasteiger partial charge in [-0.15, -0.1) is 10.2 Å². The molecule has 1 fully saturated rings. The third kappa shape index (κ3) is 4.92. The number of carbonyl (C=O) groups excluding carboxylic acids is 1. The van der Waals surface area contributed by atoms with E-state index in [-0.39, 0.29) is 12.1 Å². The average Bonchev–Trinajstić information content (AvgIpc) is 2.61. The number of nitrogens with one attached hydrogen (secondary N) is 3. The summed E-state index contributed by atoms with van der Waals surface area (Å²) in [5.41, 5.74) is 3.32. The fourth-order valence-corrected chi connectivity index (χ4v) is 3.06. The lowest BCUT2D eigenvalue weighted by Gasteiger charge is -2.22. The summed E-state index contributed by atoms with van der Waals surface area (Å²) in [7, 11) is 0. The number of aryl methyl sites for hydroxylation is 2. The first-order chi connectivity index (χ1) is 12.1. The highest BCUT2D eigenvalue weighted by Crippen LogP contribution is 2.21. The van der Waals surface area contributed by atoms with Crippen LogP contribution in [-0.2, 0) is 0 Å². The van der Waals surface area contributed by atoms with E-state index < -0.39 is 0 Å². The van der Waals surface area contributed by atoms with Gasteiger partial charge in [0, 0.05) is 11.7 Å². The predicted molar refractivity (Wildman–Crippen MR) is 100 cm³/mol. The van der Waals surface area contributed by atoms with Crippen LogP contribution in [0.15, 0.2) is 30.3 Å². The Hall–Kier alpha value is -2.63. The molecule has 25 heavy (non-hydrogen) atoms. The number of carbonyl (C=O) groups is 1. The third-order valence-electron chi connectivity index (χ3n) is 4.50. The highest BCUT2D eigenvalue weighted by atomic mass is 16.2. The lowest BCUT2D eigenvalue weighted by Crippen LogP contribution is -2.39. The van der Waals surface area contributed by atoms with E-state index in [1.54, 1.807) is 6.07 Å². The van der Waals surface area contributed by atoms with Gasteiger partial charge in [-0.05, 0) is 56.0 Å².